The van der Waals surface area contributed by atoms with Crippen LogP contribution in [0.1, 0.15) is 148 Å². The number of aliphatic carboxylic acids is 1. The van der Waals surface area contributed by atoms with Gasteiger partial charge in [0.1, 0.15) is 0 Å². The molecule has 0 radical (unpaired) electrons. The second-order valence-electron chi connectivity index (χ2n) is 8.91. The molecule has 0 rings (SSSR count). The fraction of sp³-hybridized carbons (Fsp3) is 0.821. The molecule has 0 heterocycles. The van der Waals surface area contributed by atoms with Crippen molar-refractivity contribution < 1.29 is 9.90 Å². The Morgan fingerprint density at radius 3 is 1.30 bits per heavy atom. The molecule has 0 bridgehead atoms. The van der Waals surface area contributed by atoms with E-state index in [0.29, 0.717) is 6.42 Å². The molecule has 0 aromatic heterocycles. The predicted molar refractivity (Wildman–Crippen MR) is 133 cm³/mol. The van der Waals surface area contributed by atoms with Crippen LogP contribution in [-0.2, 0) is 4.79 Å². The van der Waals surface area contributed by atoms with E-state index in [1.54, 1.807) is 0 Å². The highest BCUT2D eigenvalue weighted by Gasteiger charge is 1.96. The molecule has 0 atom stereocenters. The molecular weight excluding hydrogens is 368 g/mol. The summed E-state index contributed by atoms with van der Waals surface area (Å²) in [5.41, 5.74) is 0. The van der Waals surface area contributed by atoms with Gasteiger partial charge in [-0.05, 0) is 38.5 Å². The molecule has 0 unspecified atom stereocenters. The third kappa shape index (κ3) is 27.0. The second kappa shape index (κ2) is 26.0. The average Bonchev–Trinajstić information content (AvgIpc) is 2.73. The molecule has 0 aliphatic carbocycles. The Morgan fingerprint density at radius 1 is 0.533 bits per heavy atom. The Bertz CT molecular complexity index is 397. The molecule has 0 amide bonds. The van der Waals surface area contributed by atoms with E-state index in [9.17, 15) is 4.79 Å². The van der Waals surface area contributed by atoms with Crippen molar-refractivity contribution in [1.82, 2.24) is 0 Å². The summed E-state index contributed by atoms with van der Waals surface area (Å²) in [4.78, 5) is 10.4. The van der Waals surface area contributed by atoms with Crippen LogP contribution >= 0.6 is 0 Å². The second-order valence-corrected chi connectivity index (χ2v) is 8.91. The number of hydrogen-bond acceptors (Lipinski definition) is 1. The van der Waals surface area contributed by atoms with Gasteiger partial charge in [-0.3, -0.25) is 4.79 Å². The molecular formula is C28H52O2. The molecule has 0 spiro atoms. The van der Waals surface area contributed by atoms with E-state index >= 15 is 0 Å². The van der Waals surface area contributed by atoms with Crippen LogP contribution in [0.5, 0.6) is 0 Å². The first-order valence-corrected chi connectivity index (χ1v) is 13.3. The number of carboxylic acids is 1. The summed E-state index contributed by atoms with van der Waals surface area (Å²) >= 11 is 0. The lowest BCUT2D eigenvalue weighted by Crippen LogP contribution is -1.93. The van der Waals surface area contributed by atoms with Gasteiger partial charge in [-0.25, -0.2) is 0 Å². The number of carboxylic acid groups (broad SMARTS) is 1. The predicted octanol–water partition coefficient (Wildman–Crippen LogP) is 9.79. The van der Waals surface area contributed by atoms with Crippen molar-refractivity contribution in [2.45, 2.75) is 148 Å². The molecule has 0 saturated carbocycles. The van der Waals surface area contributed by atoms with Crippen LogP contribution in [0.4, 0.5) is 0 Å². The van der Waals surface area contributed by atoms with Crippen molar-refractivity contribution in [3.63, 3.8) is 0 Å². The molecule has 0 saturated heterocycles. The summed E-state index contributed by atoms with van der Waals surface area (Å²) in [6, 6.07) is 0. The number of unbranched alkanes of at least 4 members (excludes halogenated alkanes) is 18. The van der Waals surface area contributed by atoms with Crippen LogP contribution in [0.2, 0.25) is 0 Å². The highest BCUT2D eigenvalue weighted by atomic mass is 16.4. The molecule has 176 valence electrons. The monoisotopic (exact) mass is 420 g/mol. The maximum absolute atomic E-state index is 10.4. The van der Waals surface area contributed by atoms with Gasteiger partial charge in [-0.2, -0.15) is 0 Å². The van der Waals surface area contributed by atoms with Gasteiger partial charge in [0, 0.05) is 6.42 Å². The summed E-state index contributed by atoms with van der Waals surface area (Å²) in [6.07, 6.45) is 37.0. The Labute approximate surface area is 188 Å². The molecule has 30 heavy (non-hydrogen) atoms. The van der Waals surface area contributed by atoms with Gasteiger partial charge in [-0.15, -0.1) is 0 Å². The van der Waals surface area contributed by atoms with Crippen LogP contribution in [0.25, 0.3) is 0 Å². The van der Waals surface area contributed by atoms with E-state index in [1.165, 1.54) is 116 Å². The Kier molecular flexibility index (Phi) is 25.1. The molecule has 0 aromatic carbocycles. The first-order chi connectivity index (χ1) is 14.8. The van der Waals surface area contributed by atoms with Gasteiger partial charge < -0.3 is 5.11 Å². The van der Waals surface area contributed by atoms with Crippen LogP contribution in [0.3, 0.4) is 0 Å². The fourth-order valence-corrected chi connectivity index (χ4v) is 3.86. The van der Waals surface area contributed by atoms with E-state index in [1.807, 2.05) is 0 Å². The van der Waals surface area contributed by atoms with Gasteiger partial charge in [-0.1, -0.05) is 128 Å². The lowest BCUT2D eigenvalue weighted by Gasteiger charge is -2.01. The minimum absolute atomic E-state index is 0.332. The van der Waals surface area contributed by atoms with Crippen molar-refractivity contribution in [2.24, 2.45) is 0 Å². The van der Waals surface area contributed by atoms with Crippen molar-refractivity contribution in [3.05, 3.63) is 24.3 Å². The fourth-order valence-electron chi connectivity index (χ4n) is 3.86. The zero-order valence-electron chi connectivity index (χ0n) is 20.2. The summed E-state index contributed by atoms with van der Waals surface area (Å²) < 4.78 is 0. The van der Waals surface area contributed by atoms with Gasteiger partial charge >= 0.3 is 5.97 Å². The molecule has 1 N–H and O–H groups in total. The molecule has 2 nitrogen and oxygen atoms in total. The van der Waals surface area contributed by atoms with Crippen LogP contribution in [0, 0.1) is 0 Å². The first-order valence-electron chi connectivity index (χ1n) is 13.3. The van der Waals surface area contributed by atoms with Crippen LogP contribution in [0.15, 0.2) is 24.3 Å². The number of rotatable bonds is 24. The maximum atomic E-state index is 10.4. The van der Waals surface area contributed by atoms with Crippen molar-refractivity contribution in [2.75, 3.05) is 0 Å². The van der Waals surface area contributed by atoms with E-state index in [-0.39, 0.29) is 0 Å². The standard InChI is InChI=1S/C28H52O2/c1-2-3-4-5-6-7-8-9-10-11-12-13-14-15-16-17-18-19-20-21-22-23-24-25-26-27-28(29)30/h14-15,17-18H,2-13,16,19-27H2,1H3,(H,29,30). The summed E-state index contributed by atoms with van der Waals surface area (Å²) in [5.74, 6) is -0.661. The molecule has 0 aromatic rings. The average molecular weight is 421 g/mol. The SMILES string of the molecule is CCCCCCCCCCCCCC=CCC=CCCCCCCCCCC(=O)O. The lowest BCUT2D eigenvalue weighted by molar-refractivity contribution is -0.137. The third-order valence-corrected chi connectivity index (χ3v) is 5.84. The van der Waals surface area contributed by atoms with E-state index < -0.39 is 5.97 Å². The Hall–Kier alpha value is -1.05. The topological polar surface area (TPSA) is 37.3 Å². The summed E-state index contributed by atoms with van der Waals surface area (Å²) in [6.45, 7) is 2.29. The first kappa shape index (κ1) is 28.9. The normalized spacial score (nSPS) is 11.8. The molecule has 0 aliphatic heterocycles. The minimum atomic E-state index is -0.661. The molecule has 2 heteroatoms. The number of carbonyl (C=O) groups is 1. The lowest BCUT2D eigenvalue weighted by atomic mass is 10.1. The van der Waals surface area contributed by atoms with Gasteiger partial charge in [0.25, 0.3) is 0 Å². The Morgan fingerprint density at radius 2 is 0.900 bits per heavy atom. The minimum Gasteiger partial charge on any atom is -0.481 e. The summed E-state index contributed by atoms with van der Waals surface area (Å²) in [5, 5.41) is 8.59. The van der Waals surface area contributed by atoms with E-state index in [4.69, 9.17) is 5.11 Å². The van der Waals surface area contributed by atoms with E-state index in [0.717, 1.165) is 19.3 Å². The van der Waals surface area contributed by atoms with Crippen LogP contribution < -0.4 is 0 Å². The van der Waals surface area contributed by atoms with Crippen molar-refractivity contribution >= 4 is 5.97 Å². The van der Waals surface area contributed by atoms with Gasteiger partial charge in [0.2, 0.25) is 0 Å². The Balaban J connectivity index is 3.17. The zero-order valence-corrected chi connectivity index (χ0v) is 20.2. The third-order valence-electron chi connectivity index (χ3n) is 5.84. The quantitative estimate of drug-likeness (QED) is 0.125. The maximum Gasteiger partial charge on any atom is 0.303 e. The zero-order chi connectivity index (χ0) is 22.0. The van der Waals surface area contributed by atoms with Crippen LogP contribution in [-0.4, -0.2) is 11.1 Å². The molecule has 0 fully saturated rings. The summed E-state index contributed by atoms with van der Waals surface area (Å²) in [7, 11) is 0. The largest absolute Gasteiger partial charge is 0.481 e. The smallest absolute Gasteiger partial charge is 0.303 e. The molecule has 0 aliphatic rings. The van der Waals surface area contributed by atoms with Gasteiger partial charge in [0.15, 0.2) is 0 Å². The highest BCUT2D eigenvalue weighted by Crippen LogP contribution is 2.12. The van der Waals surface area contributed by atoms with Crippen molar-refractivity contribution in [3.8, 4) is 0 Å². The van der Waals surface area contributed by atoms with E-state index in [2.05, 4.69) is 31.2 Å². The van der Waals surface area contributed by atoms with Crippen molar-refractivity contribution in [1.29, 1.82) is 0 Å². The number of hydrogen-bond donors (Lipinski definition) is 1. The number of allylic oxidation sites excluding steroid dienone is 4. The van der Waals surface area contributed by atoms with Gasteiger partial charge in [0.05, 0.1) is 0 Å². The highest BCUT2D eigenvalue weighted by molar-refractivity contribution is 5.66.